The number of nitrogens with two attached hydrogens (primary N) is 1. The van der Waals surface area contributed by atoms with Crippen LogP contribution in [0.25, 0.3) is 10.9 Å². The minimum absolute atomic E-state index is 0.00282. The maximum atomic E-state index is 13.6. The number of hydrogen-bond acceptors (Lipinski definition) is 10. The van der Waals surface area contributed by atoms with Crippen LogP contribution in [0.4, 0.5) is 5.69 Å². The number of nitrogens with zero attached hydrogens (tertiary/aromatic N) is 7. The summed E-state index contributed by atoms with van der Waals surface area (Å²) in [5.74, 6) is -0.398. The number of benzene rings is 2. The van der Waals surface area contributed by atoms with Crippen molar-refractivity contribution in [3.8, 4) is 0 Å². The van der Waals surface area contributed by atoms with Crippen LogP contribution < -0.4 is 21.5 Å². The van der Waals surface area contributed by atoms with Crippen LogP contribution in [0.1, 0.15) is 60.5 Å². The molecule has 1 aromatic heterocycles. The summed E-state index contributed by atoms with van der Waals surface area (Å²) >= 11 is 0. The molecule has 0 spiro atoms. The predicted octanol–water partition coefficient (Wildman–Crippen LogP) is 1.18. The number of likely N-dealkylation sites (tertiary alicyclic amines) is 1. The Morgan fingerprint density at radius 1 is 0.824 bits per heavy atom. The fourth-order valence-corrected chi connectivity index (χ4v) is 8.02. The van der Waals surface area contributed by atoms with Crippen molar-refractivity contribution in [3.63, 3.8) is 0 Å². The van der Waals surface area contributed by atoms with E-state index in [0.717, 1.165) is 94.8 Å². The second-order valence-electron chi connectivity index (χ2n) is 14.5. The normalized spacial score (nSPS) is 21.6. The van der Waals surface area contributed by atoms with Gasteiger partial charge in [-0.2, -0.15) is 4.68 Å². The van der Waals surface area contributed by atoms with Gasteiger partial charge in [0.1, 0.15) is 11.6 Å². The molecular weight excluding hydrogens is 650 g/mol. The number of rotatable bonds is 9. The van der Waals surface area contributed by atoms with E-state index in [9.17, 15) is 24.0 Å². The molecule has 0 radical (unpaired) electrons. The number of imide groups is 1. The molecule has 3 N–H and O–H groups in total. The van der Waals surface area contributed by atoms with Crippen LogP contribution in [0.2, 0.25) is 0 Å². The lowest BCUT2D eigenvalue weighted by Crippen LogP contribution is -2.50. The fraction of sp³-hybridized carbons (Fsp3) is 0.541. The first kappa shape index (κ1) is 34.7. The summed E-state index contributed by atoms with van der Waals surface area (Å²) in [5, 5.41) is 10.8. The van der Waals surface area contributed by atoms with Crippen molar-refractivity contribution in [2.24, 2.45) is 17.6 Å². The Morgan fingerprint density at radius 2 is 1.53 bits per heavy atom. The molecule has 4 aliphatic rings. The highest BCUT2D eigenvalue weighted by molar-refractivity contribution is 5.99. The number of aromatic nitrogens is 3. The van der Waals surface area contributed by atoms with Gasteiger partial charge in [-0.15, -0.1) is 5.10 Å². The van der Waals surface area contributed by atoms with E-state index in [-0.39, 0.29) is 30.6 Å². The first-order chi connectivity index (χ1) is 24.7. The van der Waals surface area contributed by atoms with E-state index in [1.54, 1.807) is 24.3 Å². The third-order valence-electron chi connectivity index (χ3n) is 11.2. The number of primary amides is 1. The van der Waals surface area contributed by atoms with E-state index in [4.69, 9.17) is 5.73 Å². The molecule has 4 fully saturated rings. The molecule has 7 rings (SSSR count). The van der Waals surface area contributed by atoms with Gasteiger partial charge < -0.3 is 25.3 Å². The molecule has 0 aliphatic carbocycles. The highest BCUT2D eigenvalue weighted by atomic mass is 16.2. The minimum atomic E-state index is -0.864. The summed E-state index contributed by atoms with van der Waals surface area (Å²) < 4.78 is 1.08. The molecule has 4 amide bonds. The van der Waals surface area contributed by atoms with E-state index < -0.39 is 23.4 Å². The maximum Gasteiger partial charge on any atom is 0.278 e. The van der Waals surface area contributed by atoms with E-state index >= 15 is 0 Å². The van der Waals surface area contributed by atoms with Crippen LogP contribution in [-0.4, -0.2) is 119 Å². The number of fused-ring (bicyclic) bond motifs is 1. The van der Waals surface area contributed by atoms with E-state index in [1.807, 2.05) is 18.2 Å². The Balaban J connectivity index is 0.841. The monoisotopic (exact) mass is 697 g/mol. The van der Waals surface area contributed by atoms with Crippen LogP contribution in [0, 0.1) is 11.8 Å². The van der Waals surface area contributed by atoms with Gasteiger partial charge in [-0.05, 0) is 80.3 Å². The number of anilines is 1. The molecule has 5 heterocycles. The molecular formula is C37H47N9O5. The van der Waals surface area contributed by atoms with Crippen LogP contribution in [-0.2, 0) is 20.8 Å². The fourth-order valence-electron chi connectivity index (χ4n) is 8.02. The number of amides is 4. The minimum Gasteiger partial charge on any atom is -0.371 e. The van der Waals surface area contributed by atoms with Gasteiger partial charge in [0.15, 0.2) is 0 Å². The summed E-state index contributed by atoms with van der Waals surface area (Å²) in [5.41, 5.74) is 8.04. The van der Waals surface area contributed by atoms with Crippen LogP contribution >= 0.6 is 0 Å². The highest BCUT2D eigenvalue weighted by Gasteiger charge is 2.33. The van der Waals surface area contributed by atoms with Crippen molar-refractivity contribution in [2.75, 3.05) is 70.3 Å². The Hall–Kier alpha value is -4.69. The quantitative estimate of drug-likeness (QED) is 0.310. The molecule has 3 aromatic rings. The standard InChI is InChI=1S/C37H47N9O5/c38-34(48)27-3-1-25(2-4-27)9-14-42-19-21-43(22-20-42)24-26-10-15-45(16-11-26)36(50)28-12-17-44(18-13-28)29-5-6-31-30(23-29)37(51)46(41-40-31)32-7-8-33(47)39-35(32)49/h1-6,23,26,28,32H,7-22,24H2,(H2,38,48)(H,39,47,49). The zero-order chi connectivity index (χ0) is 35.5. The van der Waals surface area contributed by atoms with Gasteiger partial charge in [0, 0.05) is 89.0 Å². The number of carbonyl (C=O) groups is 4. The molecule has 51 heavy (non-hydrogen) atoms. The van der Waals surface area contributed by atoms with Crippen molar-refractivity contribution in [3.05, 3.63) is 63.9 Å². The third kappa shape index (κ3) is 7.96. The third-order valence-corrected chi connectivity index (χ3v) is 11.2. The van der Waals surface area contributed by atoms with Crippen LogP contribution in [0.3, 0.4) is 0 Å². The van der Waals surface area contributed by atoms with Gasteiger partial charge in [0.05, 0.1) is 5.39 Å². The summed E-state index contributed by atoms with van der Waals surface area (Å²) in [6.45, 7) is 9.43. The first-order valence-electron chi connectivity index (χ1n) is 18.3. The Labute approximate surface area is 296 Å². The lowest BCUT2D eigenvalue weighted by Gasteiger charge is -2.40. The van der Waals surface area contributed by atoms with Gasteiger partial charge >= 0.3 is 0 Å². The molecule has 14 nitrogen and oxygen atoms in total. The highest BCUT2D eigenvalue weighted by Crippen LogP contribution is 2.28. The Bertz CT molecular complexity index is 1820. The number of nitrogens with one attached hydrogen (secondary N) is 1. The van der Waals surface area contributed by atoms with Crippen molar-refractivity contribution in [1.29, 1.82) is 0 Å². The first-order valence-corrected chi connectivity index (χ1v) is 18.3. The Kier molecular flexibility index (Phi) is 10.4. The molecule has 1 unspecified atom stereocenters. The average Bonchev–Trinajstić information content (AvgIpc) is 3.15. The maximum absolute atomic E-state index is 13.6. The van der Waals surface area contributed by atoms with Crippen LogP contribution in [0.15, 0.2) is 47.3 Å². The van der Waals surface area contributed by atoms with Gasteiger partial charge in [-0.3, -0.25) is 29.3 Å². The number of hydrogen-bond donors (Lipinski definition) is 2. The molecule has 0 bridgehead atoms. The summed E-state index contributed by atoms with van der Waals surface area (Å²) in [4.78, 5) is 71.6. The average molecular weight is 698 g/mol. The molecule has 14 heteroatoms. The molecule has 0 saturated carbocycles. The Morgan fingerprint density at radius 3 is 2.22 bits per heavy atom. The number of carbonyl (C=O) groups excluding carboxylic acids is 4. The van der Waals surface area contributed by atoms with Gasteiger partial charge in [-0.1, -0.05) is 17.3 Å². The van der Waals surface area contributed by atoms with Crippen molar-refractivity contribution in [2.45, 2.75) is 51.0 Å². The second-order valence-corrected chi connectivity index (χ2v) is 14.5. The van der Waals surface area contributed by atoms with Gasteiger partial charge in [0.25, 0.3) is 11.5 Å². The lowest BCUT2D eigenvalue weighted by molar-refractivity contribution is -0.138. The van der Waals surface area contributed by atoms with Gasteiger partial charge in [0.2, 0.25) is 17.7 Å². The van der Waals surface area contributed by atoms with E-state index in [2.05, 4.69) is 35.2 Å². The topological polar surface area (TPSA) is 167 Å². The summed E-state index contributed by atoms with van der Waals surface area (Å²) in [6.07, 6.45) is 4.92. The van der Waals surface area contributed by atoms with Gasteiger partial charge in [-0.25, -0.2) is 0 Å². The number of piperidine rings is 3. The SMILES string of the molecule is NC(=O)c1ccc(CCN2CCN(CC3CCN(C(=O)C4CCN(c5ccc6nnn(C7CCC(=O)NC7=O)c(=O)c6c5)CC4)CC3)CC2)cc1. The van der Waals surface area contributed by atoms with Crippen molar-refractivity contribution < 1.29 is 19.2 Å². The largest absolute Gasteiger partial charge is 0.371 e. The van der Waals surface area contributed by atoms with Crippen LogP contribution in [0.5, 0.6) is 0 Å². The molecule has 4 saturated heterocycles. The molecule has 4 aliphatic heterocycles. The molecule has 1 atom stereocenters. The smallest absolute Gasteiger partial charge is 0.278 e. The summed E-state index contributed by atoms with van der Waals surface area (Å²) in [6, 6.07) is 12.2. The molecule has 270 valence electrons. The van der Waals surface area contributed by atoms with E-state index in [1.165, 1.54) is 5.56 Å². The zero-order valence-corrected chi connectivity index (χ0v) is 29.0. The van der Waals surface area contributed by atoms with E-state index in [0.29, 0.717) is 35.5 Å². The van der Waals surface area contributed by atoms with Crippen molar-refractivity contribution >= 4 is 40.2 Å². The molecule has 2 aromatic carbocycles. The summed E-state index contributed by atoms with van der Waals surface area (Å²) in [7, 11) is 0. The zero-order valence-electron chi connectivity index (χ0n) is 29.0. The second kappa shape index (κ2) is 15.3. The van der Waals surface area contributed by atoms with Crippen molar-refractivity contribution in [1.82, 2.24) is 35.0 Å². The lowest BCUT2D eigenvalue weighted by atomic mass is 9.91. The predicted molar refractivity (Wildman–Crippen MR) is 191 cm³/mol. The number of piperazine rings is 1.